The summed E-state index contributed by atoms with van der Waals surface area (Å²) in [6.45, 7) is 1.41. The van der Waals surface area contributed by atoms with Crippen LogP contribution < -0.4 is 5.73 Å². The molecule has 3 nitrogen and oxygen atoms in total. The average Bonchev–Trinajstić information content (AvgIpc) is 2.92. The molecule has 108 valence electrons. The zero-order valence-electron chi connectivity index (χ0n) is 11.4. The molecule has 0 spiro atoms. The van der Waals surface area contributed by atoms with Crippen molar-refractivity contribution < 1.29 is 13.2 Å². The van der Waals surface area contributed by atoms with Crippen molar-refractivity contribution in [2.24, 2.45) is 5.73 Å². The van der Waals surface area contributed by atoms with E-state index in [1.54, 1.807) is 12.5 Å². The Hall–Kier alpha value is -1.72. The molecule has 0 saturated heterocycles. The number of benzene rings is 1. The number of nitrogens with zero attached hydrogens (tertiary/aromatic N) is 1. The van der Waals surface area contributed by atoms with E-state index < -0.39 is 17.7 Å². The molecule has 2 rings (SSSR count). The van der Waals surface area contributed by atoms with E-state index in [1.807, 2.05) is 13.1 Å². The summed E-state index contributed by atoms with van der Waals surface area (Å²) in [6, 6.07) is 5.47. The maximum absolute atomic E-state index is 13.6. The van der Waals surface area contributed by atoms with E-state index in [1.165, 1.54) is 12.1 Å². The van der Waals surface area contributed by atoms with E-state index in [0.717, 1.165) is 18.2 Å². The van der Waals surface area contributed by atoms with Gasteiger partial charge in [-0.05, 0) is 32.1 Å². The van der Waals surface area contributed by atoms with Crippen LogP contribution in [0.3, 0.4) is 0 Å². The van der Waals surface area contributed by atoms with Gasteiger partial charge in [0.05, 0.1) is 12.5 Å². The summed E-state index contributed by atoms with van der Waals surface area (Å²) in [5, 5.41) is 0. The maximum Gasteiger partial charge on any atom is 0.163 e. The summed E-state index contributed by atoms with van der Waals surface area (Å²) in [5.41, 5.74) is 7.23. The predicted molar refractivity (Wildman–Crippen MR) is 72.9 cm³/mol. The van der Waals surface area contributed by atoms with Crippen molar-refractivity contribution in [3.8, 4) is 0 Å². The second-order valence-corrected chi connectivity index (χ2v) is 4.91. The molecule has 1 aromatic carbocycles. The Bertz CT molecular complexity index is 543. The molecule has 0 aliphatic heterocycles. The van der Waals surface area contributed by atoms with Crippen LogP contribution in [0.5, 0.6) is 0 Å². The highest BCUT2D eigenvalue weighted by atomic mass is 19.2. The Labute approximate surface area is 117 Å². The van der Waals surface area contributed by atoms with Gasteiger partial charge in [-0.1, -0.05) is 12.1 Å². The Kier molecular flexibility index (Phi) is 4.87. The Morgan fingerprint density at radius 1 is 1.30 bits per heavy atom. The number of furan rings is 1. The van der Waals surface area contributed by atoms with Crippen LogP contribution in [-0.4, -0.2) is 18.5 Å². The van der Waals surface area contributed by atoms with E-state index in [2.05, 4.69) is 4.90 Å². The highest BCUT2D eigenvalue weighted by Gasteiger charge is 2.15. The number of halogens is 2. The minimum atomic E-state index is -0.857. The van der Waals surface area contributed by atoms with Gasteiger partial charge in [0.2, 0.25) is 0 Å². The van der Waals surface area contributed by atoms with Crippen molar-refractivity contribution in [2.75, 3.05) is 13.6 Å². The van der Waals surface area contributed by atoms with E-state index in [0.29, 0.717) is 13.0 Å². The molecule has 1 unspecified atom stereocenters. The number of hydrogen-bond donors (Lipinski definition) is 1. The normalized spacial score (nSPS) is 12.8. The van der Waals surface area contributed by atoms with Gasteiger partial charge in [-0.2, -0.15) is 0 Å². The lowest BCUT2D eigenvalue weighted by molar-refractivity contribution is 0.308. The summed E-state index contributed by atoms with van der Waals surface area (Å²) in [4.78, 5) is 2.06. The molecule has 0 aliphatic carbocycles. The van der Waals surface area contributed by atoms with Crippen LogP contribution >= 0.6 is 0 Å². The van der Waals surface area contributed by atoms with E-state index >= 15 is 0 Å². The third-order valence-electron chi connectivity index (χ3n) is 3.24. The summed E-state index contributed by atoms with van der Waals surface area (Å²) in [6.07, 6.45) is 3.86. The molecule has 0 bridgehead atoms. The van der Waals surface area contributed by atoms with Gasteiger partial charge in [0.25, 0.3) is 0 Å². The smallest absolute Gasteiger partial charge is 0.163 e. The summed E-state index contributed by atoms with van der Waals surface area (Å²) >= 11 is 0. The zero-order valence-corrected chi connectivity index (χ0v) is 11.4. The molecule has 1 aromatic heterocycles. The Morgan fingerprint density at radius 2 is 2.10 bits per heavy atom. The minimum absolute atomic E-state index is 0.224. The van der Waals surface area contributed by atoms with E-state index in [4.69, 9.17) is 10.2 Å². The summed E-state index contributed by atoms with van der Waals surface area (Å²) in [7, 11) is 1.95. The zero-order chi connectivity index (χ0) is 14.5. The first kappa shape index (κ1) is 14.7. The topological polar surface area (TPSA) is 42.4 Å². The van der Waals surface area contributed by atoms with Crippen LogP contribution in [0.4, 0.5) is 8.78 Å². The van der Waals surface area contributed by atoms with E-state index in [9.17, 15) is 8.78 Å². The van der Waals surface area contributed by atoms with Crippen molar-refractivity contribution in [1.29, 1.82) is 0 Å². The molecule has 20 heavy (non-hydrogen) atoms. The van der Waals surface area contributed by atoms with Crippen molar-refractivity contribution in [3.63, 3.8) is 0 Å². The fraction of sp³-hybridized carbons (Fsp3) is 0.333. The fourth-order valence-electron chi connectivity index (χ4n) is 2.10. The van der Waals surface area contributed by atoms with Gasteiger partial charge < -0.3 is 15.1 Å². The lowest BCUT2D eigenvalue weighted by Crippen LogP contribution is -2.24. The highest BCUT2D eigenvalue weighted by Crippen LogP contribution is 2.20. The van der Waals surface area contributed by atoms with Crippen LogP contribution in [0, 0.1) is 11.6 Å². The molecule has 5 heteroatoms. The molecule has 0 radical (unpaired) electrons. The predicted octanol–water partition coefficient (Wildman–Crippen LogP) is 3.08. The van der Waals surface area contributed by atoms with Crippen molar-refractivity contribution in [3.05, 3.63) is 59.6 Å². The van der Waals surface area contributed by atoms with Crippen LogP contribution in [0.15, 0.2) is 41.2 Å². The van der Waals surface area contributed by atoms with Crippen molar-refractivity contribution in [1.82, 2.24) is 4.90 Å². The van der Waals surface area contributed by atoms with E-state index in [-0.39, 0.29) is 5.56 Å². The maximum atomic E-state index is 13.6. The van der Waals surface area contributed by atoms with Crippen molar-refractivity contribution >= 4 is 0 Å². The minimum Gasteiger partial charge on any atom is -0.472 e. The molecule has 0 saturated carbocycles. The SMILES string of the molecule is CN(CCC(N)c1cccc(F)c1F)Cc1ccoc1. The monoisotopic (exact) mass is 280 g/mol. The lowest BCUT2D eigenvalue weighted by Gasteiger charge is -2.19. The molecule has 1 heterocycles. The summed E-state index contributed by atoms with van der Waals surface area (Å²) < 4.78 is 31.7. The first-order valence-corrected chi connectivity index (χ1v) is 6.47. The number of rotatable bonds is 6. The molecule has 0 amide bonds. The quantitative estimate of drug-likeness (QED) is 0.884. The lowest BCUT2D eigenvalue weighted by atomic mass is 10.0. The molecular weight excluding hydrogens is 262 g/mol. The van der Waals surface area contributed by atoms with Gasteiger partial charge in [-0.3, -0.25) is 0 Å². The number of nitrogens with two attached hydrogens (primary N) is 1. The van der Waals surface area contributed by atoms with Gasteiger partial charge in [-0.25, -0.2) is 8.78 Å². The highest BCUT2D eigenvalue weighted by molar-refractivity contribution is 5.22. The number of hydrogen-bond acceptors (Lipinski definition) is 3. The van der Waals surface area contributed by atoms with Gasteiger partial charge in [-0.15, -0.1) is 0 Å². The van der Waals surface area contributed by atoms with Crippen LogP contribution in [0.1, 0.15) is 23.6 Å². The van der Waals surface area contributed by atoms with Crippen molar-refractivity contribution in [2.45, 2.75) is 19.0 Å². The molecule has 2 aromatic rings. The molecule has 1 atom stereocenters. The largest absolute Gasteiger partial charge is 0.472 e. The van der Waals surface area contributed by atoms with Crippen LogP contribution in [0.25, 0.3) is 0 Å². The molecule has 0 aliphatic rings. The van der Waals surface area contributed by atoms with Gasteiger partial charge >= 0.3 is 0 Å². The third kappa shape index (κ3) is 3.65. The van der Waals surface area contributed by atoms with Crippen LogP contribution in [-0.2, 0) is 6.54 Å². The van der Waals surface area contributed by atoms with Gasteiger partial charge in [0, 0.05) is 23.7 Å². The Morgan fingerprint density at radius 3 is 2.80 bits per heavy atom. The summed E-state index contributed by atoms with van der Waals surface area (Å²) in [5.74, 6) is -1.71. The van der Waals surface area contributed by atoms with Gasteiger partial charge in [0.1, 0.15) is 0 Å². The first-order valence-electron chi connectivity index (χ1n) is 6.47. The second-order valence-electron chi connectivity index (χ2n) is 4.91. The van der Waals surface area contributed by atoms with Crippen LogP contribution in [0.2, 0.25) is 0 Å². The molecular formula is C15H18F2N2O. The fourth-order valence-corrected chi connectivity index (χ4v) is 2.10. The Balaban J connectivity index is 1.88. The molecule has 0 fully saturated rings. The second kappa shape index (κ2) is 6.63. The molecule has 2 N–H and O–H groups in total. The third-order valence-corrected chi connectivity index (χ3v) is 3.24. The average molecular weight is 280 g/mol. The van der Waals surface area contributed by atoms with Gasteiger partial charge in [0.15, 0.2) is 11.6 Å². The first-order chi connectivity index (χ1) is 9.58. The standard InChI is InChI=1S/C15H18F2N2O/c1-19(9-11-6-8-20-10-11)7-5-14(18)12-3-2-4-13(16)15(12)17/h2-4,6,8,10,14H,5,7,9,18H2,1H3.